The monoisotopic (exact) mass is 414 g/mol. The van der Waals surface area contributed by atoms with Gasteiger partial charge in [0.2, 0.25) is 0 Å². The molecule has 0 aliphatic heterocycles. The number of pyridine rings is 2. The van der Waals surface area contributed by atoms with E-state index in [9.17, 15) is 19.8 Å². The number of aliphatic hydroxyl groups excluding tert-OH is 2. The smallest absolute Gasteiger partial charge is 0.253 e. The van der Waals surface area contributed by atoms with E-state index in [1.807, 2.05) is 27.7 Å². The van der Waals surface area contributed by atoms with E-state index in [0.717, 1.165) is 0 Å². The third-order valence-corrected chi connectivity index (χ3v) is 4.94. The zero-order chi connectivity index (χ0) is 22.3. The highest BCUT2D eigenvalue weighted by atomic mass is 16.3. The van der Waals surface area contributed by atoms with Crippen LogP contribution in [0.5, 0.6) is 0 Å². The van der Waals surface area contributed by atoms with Crippen molar-refractivity contribution >= 4 is 11.8 Å². The summed E-state index contributed by atoms with van der Waals surface area (Å²) < 4.78 is 0. The number of amides is 2. The van der Waals surface area contributed by atoms with Gasteiger partial charge in [0.1, 0.15) is 0 Å². The molecule has 2 rings (SSSR count). The summed E-state index contributed by atoms with van der Waals surface area (Å²) >= 11 is 0. The van der Waals surface area contributed by atoms with Crippen LogP contribution in [0.1, 0.15) is 59.8 Å². The predicted molar refractivity (Wildman–Crippen MR) is 114 cm³/mol. The quantitative estimate of drug-likeness (QED) is 0.651. The van der Waals surface area contributed by atoms with Crippen molar-refractivity contribution in [3.8, 4) is 11.4 Å². The van der Waals surface area contributed by atoms with Crippen molar-refractivity contribution in [2.45, 2.75) is 40.9 Å². The molecular weight excluding hydrogens is 384 g/mol. The number of hydrogen-bond donors (Lipinski definition) is 2. The summed E-state index contributed by atoms with van der Waals surface area (Å²) in [6.45, 7) is 9.15. The van der Waals surface area contributed by atoms with Crippen LogP contribution in [0.3, 0.4) is 0 Å². The van der Waals surface area contributed by atoms with Crippen LogP contribution in [0.15, 0.2) is 24.3 Å². The minimum Gasteiger partial charge on any atom is -0.390 e. The van der Waals surface area contributed by atoms with Gasteiger partial charge in [0.25, 0.3) is 11.8 Å². The molecule has 8 nitrogen and oxygen atoms in total. The number of aliphatic hydroxyl groups is 2. The fourth-order valence-electron chi connectivity index (χ4n) is 3.23. The molecular formula is C22H30N4O4. The average molecular weight is 415 g/mol. The summed E-state index contributed by atoms with van der Waals surface area (Å²) in [5.74, 6) is -0.341. The Bertz CT molecular complexity index is 819. The maximum atomic E-state index is 12.8. The molecule has 0 atom stereocenters. The van der Waals surface area contributed by atoms with Gasteiger partial charge < -0.3 is 20.0 Å². The lowest BCUT2D eigenvalue weighted by molar-refractivity contribution is 0.0764. The molecule has 0 saturated carbocycles. The minimum atomic E-state index is -0.336. The first kappa shape index (κ1) is 23.4. The highest BCUT2D eigenvalue weighted by Crippen LogP contribution is 2.22. The third-order valence-electron chi connectivity index (χ3n) is 4.94. The highest BCUT2D eigenvalue weighted by molar-refractivity contribution is 5.96. The molecule has 8 heteroatoms. The molecule has 162 valence electrons. The van der Waals surface area contributed by atoms with E-state index < -0.39 is 0 Å². The molecule has 2 aromatic rings. The lowest BCUT2D eigenvalue weighted by Crippen LogP contribution is -2.31. The Hall–Kier alpha value is -2.84. The lowest BCUT2D eigenvalue weighted by Gasteiger charge is -2.20. The summed E-state index contributed by atoms with van der Waals surface area (Å²) in [5, 5.41) is 19.3. The van der Waals surface area contributed by atoms with Crippen molar-refractivity contribution in [2.75, 3.05) is 26.2 Å². The number of nitrogens with zero attached hydrogens (tertiary/aromatic N) is 4. The molecule has 0 radical (unpaired) electrons. The first-order valence-electron chi connectivity index (χ1n) is 10.2. The maximum absolute atomic E-state index is 12.8. The molecule has 0 unspecified atom stereocenters. The van der Waals surface area contributed by atoms with Crippen LogP contribution in [0, 0.1) is 0 Å². The number of aromatic nitrogens is 2. The Balaban J connectivity index is 2.59. The lowest BCUT2D eigenvalue weighted by atomic mass is 10.1. The van der Waals surface area contributed by atoms with E-state index in [1.165, 1.54) is 0 Å². The summed E-state index contributed by atoms with van der Waals surface area (Å²) in [5.41, 5.74) is 2.16. The van der Waals surface area contributed by atoms with Crippen LogP contribution in [0.25, 0.3) is 11.4 Å². The molecule has 0 saturated heterocycles. The Kier molecular flexibility index (Phi) is 8.44. The second kappa shape index (κ2) is 10.8. The molecule has 2 N–H and O–H groups in total. The average Bonchev–Trinajstić information content (AvgIpc) is 2.79. The number of carbonyl (C=O) groups is 2. The minimum absolute atomic E-state index is 0.170. The van der Waals surface area contributed by atoms with E-state index in [4.69, 9.17) is 0 Å². The van der Waals surface area contributed by atoms with Crippen molar-refractivity contribution < 1.29 is 19.8 Å². The Morgan fingerprint density at radius 3 is 1.30 bits per heavy atom. The molecule has 0 bridgehead atoms. The third kappa shape index (κ3) is 5.20. The number of hydrogen-bond acceptors (Lipinski definition) is 6. The van der Waals surface area contributed by atoms with Gasteiger partial charge in [-0.25, -0.2) is 9.97 Å². The van der Waals surface area contributed by atoms with Crippen molar-refractivity contribution in [1.29, 1.82) is 0 Å². The Labute approximate surface area is 177 Å². The van der Waals surface area contributed by atoms with Crippen molar-refractivity contribution in [3.05, 3.63) is 46.8 Å². The second-order valence-corrected chi connectivity index (χ2v) is 6.74. The molecule has 30 heavy (non-hydrogen) atoms. The standard InChI is InChI=1S/C22H30N4O4/c1-5-25(6-2)21(29)15-9-17(13-27)23-19(11-15)20-12-16(10-18(14-28)24-20)22(30)26(7-3)8-4/h9-12,27-28H,5-8,13-14H2,1-4H3. The van der Waals surface area contributed by atoms with Crippen LogP contribution in [0.2, 0.25) is 0 Å². The van der Waals surface area contributed by atoms with Crippen LogP contribution >= 0.6 is 0 Å². The number of rotatable bonds is 9. The van der Waals surface area contributed by atoms with E-state index in [-0.39, 0.29) is 25.0 Å². The molecule has 0 spiro atoms. The molecule has 0 fully saturated rings. The van der Waals surface area contributed by atoms with Crippen molar-refractivity contribution in [1.82, 2.24) is 19.8 Å². The van der Waals surface area contributed by atoms with Gasteiger partial charge >= 0.3 is 0 Å². The van der Waals surface area contributed by atoms with Gasteiger partial charge in [0.05, 0.1) is 36.0 Å². The van der Waals surface area contributed by atoms with E-state index in [2.05, 4.69) is 9.97 Å². The van der Waals surface area contributed by atoms with Crippen molar-refractivity contribution in [3.63, 3.8) is 0 Å². The van der Waals surface area contributed by atoms with Crippen LogP contribution < -0.4 is 0 Å². The second-order valence-electron chi connectivity index (χ2n) is 6.74. The van der Waals surface area contributed by atoms with E-state index in [1.54, 1.807) is 34.1 Å². The normalized spacial score (nSPS) is 10.7. The van der Waals surface area contributed by atoms with Crippen LogP contribution in [0.4, 0.5) is 0 Å². The van der Waals surface area contributed by atoms with Crippen LogP contribution in [-0.2, 0) is 13.2 Å². The van der Waals surface area contributed by atoms with Gasteiger partial charge in [0, 0.05) is 37.3 Å². The van der Waals surface area contributed by atoms with E-state index in [0.29, 0.717) is 60.1 Å². The summed E-state index contributed by atoms with van der Waals surface area (Å²) in [6.07, 6.45) is 0. The van der Waals surface area contributed by atoms with Gasteiger partial charge in [-0.1, -0.05) is 0 Å². The van der Waals surface area contributed by atoms with Gasteiger partial charge in [-0.3, -0.25) is 9.59 Å². The molecule has 0 aliphatic carbocycles. The van der Waals surface area contributed by atoms with E-state index >= 15 is 0 Å². The summed E-state index contributed by atoms with van der Waals surface area (Å²) in [4.78, 5) is 37.8. The van der Waals surface area contributed by atoms with Gasteiger partial charge in [-0.05, 0) is 52.0 Å². The van der Waals surface area contributed by atoms with Crippen LogP contribution in [-0.4, -0.2) is 68.0 Å². The summed E-state index contributed by atoms with van der Waals surface area (Å²) in [6, 6.07) is 6.33. The molecule has 0 aromatic carbocycles. The van der Waals surface area contributed by atoms with Gasteiger partial charge in [0.15, 0.2) is 0 Å². The molecule has 2 amide bonds. The Morgan fingerprint density at radius 2 is 1.03 bits per heavy atom. The Morgan fingerprint density at radius 1 is 0.700 bits per heavy atom. The number of carbonyl (C=O) groups excluding carboxylic acids is 2. The van der Waals surface area contributed by atoms with Gasteiger partial charge in [-0.2, -0.15) is 0 Å². The molecule has 0 aliphatic rings. The topological polar surface area (TPSA) is 107 Å². The fraction of sp³-hybridized carbons (Fsp3) is 0.455. The zero-order valence-corrected chi connectivity index (χ0v) is 18.1. The largest absolute Gasteiger partial charge is 0.390 e. The SMILES string of the molecule is CCN(CC)C(=O)c1cc(CO)nc(-c2cc(C(=O)N(CC)CC)cc(CO)n2)c1. The predicted octanol–water partition coefficient (Wildman–Crippen LogP) is 2.09. The summed E-state index contributed by atoms with van der Waals surface area (Å²) in [7, 11) is 0. The zero-order valence-electron chi connectivity index (χ0n) is 18.1. The highest BCUT2D eigenvalue weighted by Gasteiger charge is 2.19. The molecule has 2 aromatic heterocycles. The van der Waals surface area contributed by atoms with Gasteiger partial charge in [-0.15, -0.1) is 0 Å². The first-order valence-corrected chi connectivity index (χ1v) is 10.2. The first-order chi connectivity index (χ1) is 14.4. The van der Waals surface area contributed by atoms with Crippen molar-refractivity contribution in [2.24, 2.45) is 0 Å². The fourth-order valence-corrected chi connectivity index (χ4v) is 3.23. The molecule has 2 heterocycles. The maximum Gasteiger partial charge on any atom is 0.253 e.